The molecule has 1 aromatic heterocycles. The minimum atomic E-state index is -4.34. The summed E-state index contributed by atoms with van der Waals surface area (Å²) < 4.78 is 37.6. The summed E-state index contributed by atoms with van der Waals surface area (Å²) in [6.45, 7) is 3.70. The molecule has 0 aliphatic carbocycles. The molecule has 0 radical (unpaired) electrons. The zero-order chi connectivity index (χ0) is 17.9. The Labute approximate surface area is 154 Å². The first-order valence-corrected chi connectivity index (χ1v) is 8.15. The van der Waals surface area contributed by atoms with E-state index in [1.54, 1.807) is 6.20 Å². The van der Waals surface area contributed by atoms with E-state index in [9.17, 15) is 18.0 Å². The summed E-state index contributed by atoms with van der Waals surface area (Å²) in [5, 5.41) is 3.08. The minimum Gasteiger partial charge on any atom is -0.320 e. The molecule has 0 aliphatic rings. The SMILES string of the molecule is CC(C)[C@H](N)C(=O)Nc1ncc(Cc2ccc(C(F)(F)F)cc2)s1.Cl. The second kappa shape index (κ2) is 8.64. The lowest BCUT2D eigenvalue weighted by Crippen LogP contribution is -2.39. The lowest BCUT2D eigenvalue weighted by Gasteiger charge is -2.13. The number of benzene rings is 1. The van der Waals surface area contributed by atoms with Gasteiger partial charge < -0.3 is 11.1 Å². The van der Waals surface area contributed by atoms with Gasteiger partial charge in [-0.1, -0.05) is 26.0 Å². The molecular weight excluding hydrogens is 375 g/mol. The predicted octanol–water partition coefficient (Wildman–Crippen LogP) is 4.10. The molecule has 0 aliphatic heterocycles. The third-order valence-corrected chi connectivity index (χ3v) is 4.38. The number of rotatable bonds is 5. The van der Waals surface area contributed by atoms with Gasteiger partial charge >= 0.3 is 6.18 Å². The molecule has 2 aromatic rings. The average Bonchev–Trinajstić information content (AvgIpc) is 2.93. The van der Waals surface area contributed by atoms with Crippen LogP contribution in [0.15, 0.2) is 30.5 Å². The van der Waals surface area contributed by atoms with Crippen molar-refractivity contribution in [1.82, 2.24) is 4.98 Å². The van der Waals surface area contributed by atoms with Gasteiger partial charge in [0.2, 0.25) is 5.91 Å². The average molecular weight is 394 g/mol. The van der Waals surface area contributed by atoms with E-state index in [4.69, 9.17) is 5.73 Å². The number of carbonyl (C=O) groups is 1. The zero-order valence-electron chi connectivity index (χ0n) is 13.6. The molecule has 25 heavy (non-hydrogen) atoms. The molecule has 0 fully saturated rings. The fraction of sp³-hybridized carbons (Fsp3) is 0.375. The first-order chi connectivity index (χ1) is 11.2. The predicted molar refractivity (Wildman–Crippen MR) is 95.1 cm³/mol. The quantitative estimate of drug-likeness (QED) is 0.803. The molecule has 1 atom stereocenters. The number of nitrogens with zero attached hydrogens (tertiary/aromatic N) is 1. The number of amides is 1. The molecular formula is C16H19ClF3N3OS. The van der Waals surface area contributed by atoms with Crippen molar-refractivity contribution in [3.05, 3.63) is 46.5 Å². The Hall–Kier alpha value is -1.64. The van der Waals surface area contributed by atoms with Crippen molar-refractivity contribution in [2.75, 3.05) is 5.32 Å². The van der Waals surface area contributed by atoms with E-state index in [0.717, 1.165) is 22.6 Å². The van der Waals surface area contributed by atoms with Crippen molar-refractivity contribution >= 4 is 34.8 Å². The fourth-order valence-corrected chi connectivity index (χ4v) is 2.80. The summed E-state index contributed by atoms with van der Waals surface area (Å²) in [5.41, 5.74) is 5.82. The molecule has 3 N–H and O–H groups in total. The summed E-state index contributed by atoms with van der Waals surface area (Å²) >= 11 is 1.27. The zero-order valence-corrected chi connectivity index (χ0v) is 15.3. The Kier molecular flexibility index (Phi) is 7.40. The second-order valence-electron chi connectivity index (χ2n) is 5.76. The van der Waals surface area contributed by atoms with Gasteiger partial charge in [0.1, 0.15) is 0 Å². The third kappa shape index (κ3) is 5.98. The molecule has 0 bridgehead atoms. The van der Waals surface area contributed by atoms with Crippen molar-refractivity contribution in [3.8, 4) is 0 Å². The largest absolute Gasteiger partial charge is 0.416 e. The van der Waals surface area contributed by atoms with Crippen LogP contribution in [0.2, 0.25) is 0 Å². The van der Waals surface area contributed by atoms with Crippen molar-refractivity contribution in [1.29, 1.82) is 0 Å². The Balaban J connectivity index is 0.00000312. The first kappa shape index (κ1) is 21.4. The number of hydrogen-bond acceptors (Lipinski definition) is 4. The van der Waals surface area contributed by atoms with Crippen LogP contribution in [0.4, 0.5) is 18.3 Å². The number of carbonyl (C=O) groups excluding carboxylic acids is 1. The van der Waals surface area contributed by atoms with E-state index < -0.39 is 17.8 Å². The maximum atomic E-state index is 12.5. The van der Waals surface area contributed by atoms with Crippen LogP contribution in [0.1, 0.15) is 29.9 Å². The Morgan fingerprint density at radius 1 is 1.28 bits per heavy atom. The molecule has 1 heterocycles. The van der Waals surface area contributed by atoms with Crippen molar-refractivity contribution < 1.29 is 18.0 Å². The van der Waals surface area contributed by atoms with Gasteiger partial charge in [-0.25, -0.2) is 4.98 Å². The van der Waals surface area contributed by atoms with E-state index >= 15 is 0 Å². The molecule has 0 saturated heterocycles. The fourth-order valence-electron chi connectivity index (χ4n) is 1.95. The molecule has 0 unspecified atom stereocenters. The highest BCUT2D eigenvalue weighted by Gasteiger charge is 2.29. The molecule has 0 saturated carbocycles. The Morgan fingerprint density at radius 3 is 2.40 bits per heavy atom. The van der Waals surface area contributed by atoms with Crippen molar-refractivity contribution in [2.45, 2.75) is 32.5 Å². The molecule has 138 valence electrons. The van der Waals surface area contributed by atoms with Crippen molar-refractivity contribution in [2.24, 2.45) is 11.7 Å². The van der Waals surface area contributed by atoms with Crippen LogP contribution >= 0.6 is 23.7 Å². The van der Waals surface area contributed by atoms with Crippen molar-refractivity contribution in [3.63, 3.8) is 0 Å². The third-order valence-electron chi connectivity index (χ3n) is 3.46. The minimum absolute atomic E-state index is 0. The normalized spacial score (nSPS) is 12.6. The number of hydrogen-bond donors (Lipinski definition) is 2. The van der Waals surface area contributed by atoms with Gasteiger partial charge in [0.15, 0.2) is 5.13 Å². The highest BCUT2D eigenvalue weighted by atomic mass is 35.5. The Bertz CT molecular complexity index is 701. The lowest BCUT2D eigenvalue weighted by molar-refractivity contribution is -0.137. The highest BCUT2D eigenvalue weighted by molar-refractivity contribution is 7.15. The van der Waals surface area contributed by atoms with Gasteiger partial charge in [-0.05, 0) is 23.6 Å². The first-order valence-electron chi connectivity index (χ1n) is 7.34. The second-order valence-corrected chi connectivity index (χ2v) is 6.88. The standard InChI is InChI=1S/C16H18F3N3OS.ClH/c1-9(2)13(20)14(23)22-15-21-8-12(24-15)7-10-3-5-11(6-4-10)16(17,18)19;/h3-6,8-9,13H,7,20H2,1-2H3,(H,21,22,23);1H/t13-;/m0./s1. The number of aromatic nitrogens is 1. The highest BCUT2D eigenvalue weighted by Crippen LogP contribution is 2.30. The molecule has 1 amide bonds. The van der Waals surface area contributed by atoms with E-state index in [1.807, 2.05) is 13.8 Å². The maximum Gasteiger partial charge on any atom is 0.416 e. The molecule has 1 aromatic carbocycles. The van der Waals surface area contributed by atoms with E-state index in [1.165, 1.54) is 23.5 Å². The van der Waals surface area contributed by atoms with Gasteiger partial charge in [0.25, 0.3) is 0 Å². The maximum absolute atomic E-state index is 12.5. The number of halogens is 4. The summed E-state index contributed by atoms with van der Waals surface area (Å²) in [5.74, 6) is -0.294. The molecule has 4 nitrogen and oxygen atoms in total. The summed E-state index contributed by atoms with van der Waals surface area (Å²) in [6.07, 6.45) is -2.30. The summed E-state index contributed by atoms with van der Waals surface area (Å²) in [6, 6.07) is 4.37. The molecule has 2 rings (SSSR count). The number of nitrogens with one attached hydrogen (secondary N) is 1. The number of nitrogens with two attached hydrogens (primary N) is 1. The van der Waals surface area contributed by atoms with Gasteiger partial charge in [-0.2, -0.15) is 13.2 Å². The van der Waals surface area contributed by atoms with Crippen LogP contribution < -0.4 is 11.1 Å². The monoisotopic (exact) mass is 393 g/mol. The number of anilines is 1. The van der Waals surface area contributed by atoms with Gasteiger partial charge in [0.05, 0.1) is 11.6 Å². The van der Waals surface area contributed by atoms with E-state index in [0.29, 0.717) is 11.6 Å². The van der Waals surface area contributed by atoms with Gasteiger partial charge in [0, 0.05) is 17.5 Å². The van der Waals surface area contributed by atoms with Crippen LogP contribution in [-0.4, -0.2) is 16.9 Å². The summed E-state index contributed by atoms with van der Waals surface area (Å²) in [4.78, 5) is 16.8. The Morgan fingerprint density at radius 2 is 1.88 bits per heavy atom. The van der Waals surface area contributed by atoms with E-state index in [-0.39, 0.29) is 24.2 Å². The number of alkyl halides is 3. The lowest BCUT2D eigenvalue weighted by atomic mass is 10.1. The summed E-state index contributed by atoms with van der Waals surface area (Å²) in [7, 11) is 0. The van der Waals surface area contributed by atoms with Crippen LogP contribution in [0.5, 0.6) is 0 Å². The van der Waals surface area contributed by atoms with Crippen LogP contribution in [0.3, 0.4) is 0 Å². The van der Waals surface area contributed by atoms with Gasteiger partial charge in [-0.15, -0.1) is 23.7 Å². The molecule has 0 spiro atoms. The van der Waals surface area contributed by atoms with E-state index in [2.05, 4.69) is 10.3 Å². The molecule has 9 heteroatoms. The van der Waals surface area contributed by atoms with Gasteiger partial charge in [-0.3, -0.25) is 4.79 Å². The topological polar surface area (TPSA) is 68.0 Å². The number of thiazole rings is 1. The van der Waals surface area contributed by atoms with Crippen LogP contribution in [-0.2, 0) is 17.4 Å². The van der Waals surface area contributed by atoms with Crippen LogP contribution in [0, 0.1) is 5.92 Å². The smallest absolute Gasteiger partial charge is 0.320 e. The van der Waals surface area contributed by atoms with Crippen LogP contribution in [0.25, 0.3) is 0 Å².